The highest BCUT2D eigenvalue weighted by Gasteiger charge is 2.12. The summed E-state index contributed by atoms with van der Waals surface area (Å²) in [5.41, 5.74) is 9.19. The first kappa shape index (κ1) is 9.27. The van der Waals surface area contributed by atoms with E-state index >= 15 is 0 Å². The number of rotatable bonds is 1. The van der Waals surface area contributed by atoms with Crippen LogP contribution in [0.1, 0.15) is 11.1 Å². The van der Waals surface area contributed by atoms with E-state index in [0.29, 0.717) is 0 Å². The molecule has 0 aliphatic carbocycles. The maximum Gasteiger partial charge on any atom is 0.124 e. The molecule has 0 aliphatic heterocycles. The average molecular weight is 207 g/mol. The molecule has 2 rings (SSSR count). The van der Waals surface area contributed by atoms with Gasteiger partial charge in [-0.25, -0.2) is 0 Å². The van der Waals surface area contributed by atoms with Gasteiger partial charge >= 0.3 is 0 Å². The van der Waals surface area contributed by atoms with Crippen LogP contribution in [-0.2, 0) is 7.05 Å². The smallest absolute Gasteiger partial charge is 0.124 e. The Balaban J connectivity index is 2.57. The fraction of sp³-hybridized carbons (Fsp3) is 0.300. The molecule has 2 heterocycles. The van der Waals surface area contributed by atoms with Crippen LogP contribution in [0.15, 0.2) is 11.4 Å². The highest BCUT2D eigenvalue weighted by molar-refractivity contribution is 7.13. The molecule has 0 radical (unpaired) electrons. The minimum absolute atomic E-state index is 0.742. The lowest BCUT2D eigenvalue weighted by Crippen LogP contribution is -1.97. The molecule has 2 aromatic rings. The standard InChI is InChI=1S/C10H13N3S/c1-6-4-8(14-5-6)9-7(2)10(11)13(3)12-9/h4-5H,11H2,1-3H3. The zero-order valence-electron chi connectivity index (χ0n) is 8.53. The molecule has 3 nitrogen and oxygen atoms in total. The molecule has 14 heavy (non-hydrogen) atoms. The highest BCUT2D eigenvalue weighted by Crippen LogP contribution is 2.30. The van der Waals surface area contributed by atoms with Crippen LogP contribution in [0, 0.1) is 13.8 Å². The molecule has 0 atom stereocenters. The molecule has 0 amide bonds. The van der Waals surface area contributed by atoms with Gasteiger partial charge in [-0.3, -0.25) is 4.68 Å². The van der Waals surface area contributed by atoms with E-state index in [1.165, 1.54) is 10.4 Å². The SMILES string of the molecule is Cc1csc(-c2nn(C)c(N)c2C)c1. The van der Waals surface area contributed by atoms with Crippen molar-refractivity contribution in [2.45, 2.75) is 13.8 Å². The van der Waals surface area contributed by atoms with Gasteiger partial charge in [0.25, 0.3) is 0 Å². The fourth-order valence-corrected chi connectivity index (χ4v) is 2.37. The van der Waals surface area contributed by atoms with Gasteiger partial charge in [-0.15, -0.1) is 11.3 Å². The van der Waals surface area contributed by atoms with Gasteiger partial charge in [0, 0.05) is 12.6 Å². The van der Waals surface area contributed by atoms with E-state index in [1.807, 2.05) is 14.0 Å². The molecule has 0 spiro atoms. The molecular formula is C10H13N3S. The number of hydrogen-bond donors (Lipinski definition) is 1. The summed E-state index contributed by atoms with van der Waals surface area (Å²) in [7, 11) is 1.87. The summed E-state index contributed by atoms with van der Waals surface area (Å²) < 4.78 is 1.72. The van der Waals surface area contributed by atoms with Crippen LogP contribution in [0.2, 0.25) is 0 Å². The van der Waals surface area contributed by atoms with Gasteiger partial charge in [-0.05, 0) is 30.9 Å². The minimum Gasteiger partial charge on any atom is -0.384 e. The lowest BCUT2D eigenvalue weighted by Gasteiger charge is -1.92. The van der Waals surface area contributed by atoms with Gasteiger partial charge in [0.15, 0.2) is 0 Å². The third-order valence-corrected chi connectivity index (χ3v) is 3.36. The normalized spacial score (nSPS) is 10.8. The molecule has 0 bridgehead atoms. The number of aromatic nitrogens is 2. The second-order valence-corrected chi connectivity index (χ2v) is 4.38. The topological polar surface area (TPSA) is 43.8 Å². The summed E-state index contributed by atoms with van der Waals surface area (Å²) in [5, 5.41) is 6.52. The van der Waals surface area contributed by atoms with Gasteiger partial charge < -0.3 is 5.73 Å². The fourth-order valence-electron chi connectivity index (χ4n) is 1.43. The van der Waals surface area contributed by atoms with E-state index in [0.717, 1.165) is 17.1 Å². The number of nitrogen functional groups attached to an aromatic ring is 1. The molecule has 0 saturated heterocycles. The van der Waals surface area contributed by atoms with Gasteiger partial charge in [-0.1, -0.05) is 0 Å². The Morgan fingerprint density at radius 1 is 1.43 bits per heavy atom. The van der Waals surface area contributed by atoms with Crippen LogP contribution in [0.4, 0.5) is 5.82 Å². The number of aryl methyl sites for hydroxylation is 2. The molecule has 74 valence electrons. The third-order valence-electron chi connectivity index (χ3n) is 2.30. The lowest BCUT2D eigenvalue weighted by atomic mass is 10.2. The van der Waals surface area contributed by atoms with Gasteiger partial charge in [0.2, 0.25) is 0 Å². The molecule has 0 fully saturated rings. The van der Waals surface area contributed by atoms with Gasteiger partial charge in [0.1, 0.15) is 11.5 Å². The third kappa shape index (κ3) is 1.32. The Morgan fingerprint density at radius 3 is 2.57 bits per heavy atom. The van der Waals surface area contributed by atoms with E-state index in [4.69, 9.17) is 5.73 Å². The first-order chi connectivity index (χ1) is 6.59. The second-order valence-electron chi connectivity index (χ2n) is 3.47. The Hall–Kier alpha value is -1.29. The van der Waals surface area contributed by atoms with E-state index < -0.39 is 0 Å². The zero-order chi connectivity index (χ0) is 10.3. The summed E-state index contributed by atoms with van der Waals surface area (Å²) in [6.07, 6.45) is 0. The maximum absolute atomic E-state index is 5.85. The quantitative estimate of drug-likeness (QED) is 0.780. The molecule has 0 unspecified atom stereocenters. The molecule has 0 saturated carbocycles. The highest BCUT2D eigenvalue weighted by atomic mass is 32.1. The first-order valence-corrected chi connectivity index (χ1v) is 5.32. The monoisotopic (exact) mass is 207 g/mol. The van der Waals surface area contributed by atoms with Crippen molar-refractivity contribution in [1.29, 1.82) is 0 Å². The predicted octanol–water partition coefficient (Wildman–Crippen LogP) is 2.35. The van der Waals surface area contributed by atoms with Gasteiger partial charge in [-0.2, -0.15) is 5.10 Å². The molecule has 0 aliphatic rings. The van der Waals surface area contributed by atoms with Crippen LogP contribution in [0.3, 0.4) is 0 Å². The minimum atomic E-state index is 0.742. The van der Waals surface area contributed by atoms with Crippen molar-refractivity contribution in [2.75, 3.05) is 5.73 Å². The number of anilines is 1. The van der Waals surface area contributed by atoms with Crippen LogP contribution < -0.4 is 5.73 Å². The van der Waals surface area contributed by atoms with Gasteiger partial charge in [0.05, 0.1) is 4.88 Å². The van der Waals surface area contributed by atoms with Crippen molar-refractivity contribution >= 4 is 17.2 Å². The Labute approximate surface area is 87.2 Å². The molecule has 2 N–H and O–H groups in total. The van der Waals surface area contributed by atoms with Crippen LogP contribution in [-0.4, -0.2) is 9.78 Å². The van der Waals surface area contributed by atoms with Crippen molar-refractivity contribution in [2.24, 2.45) is 7.05 Å². The second kappa shape index (κ2) is 3.13. The molecule has 4 heteroatoms. The number of thiophene rings is 1. The van der Waals surface area contributed by atoms with E-state index in [9.17, 15) is 0 Å². The Bertz CT molecular complexity index is 468. The van der Waals surface area contributed by atoms with Crippen LogP contribution in [0.5, 0.6) is 0 Å². The zero-order valence-corrected chi connectivity index (χ0v) is 9.35. The van der Waals surface area contributed by atoms with E-state index in [-0.39, 0.29) is 0 Å². The summed E-state index contributed by atoms with van der Waals surface area (Å²) >= 11 is 1.71. The lowest BCUT2D eigenvalue weighted by molar-refractivity contribution is 0.782. The van der Waals surface area contributed by atoms with Crippen LogP contribution in [0.25, 0.3) is 10.6 Å². The van der Waals surface area contributed by atoms with Crippen molar-refractivity contribution in [3.8, 4) is 10.6 Å². The summed E-state index contributed by atoms with van der Waals surface area (Å²) in [6, 6.07) is 2.14. The average Bonchev–Trinajstić information content (AvgIpc) is 2.66. The van der Waals surface area contributed by atoms with Crippen molar-refractivity contribution < 1.29 is 0 Å². The summed E-state index contributed by atoms with van der Waals surface area (Å²) in [6.45, 7) is 4.09. The van der Waals surface area contributed by atoms with Crippen molar-refractivity contribution in [3.63, 3.8) is 0 Å². The van der Waals surface area contributed by atoms with Crippen LogP contribution >= 0.6 is 11.3 Å². The maximum atomic E-state index is 5.85. The first-order valence-electron chi connectivity index (χ1n) is 4.44. The number of nitrogens with zero attached hydrogens (tertiary/aromatic N) is 2. The number of nitrogens with two attached hydrogens (primary N) is 1. The molecular weight excluding hydrogens is 194 g/mol. The summed E-state index contributed by atoms with van der Waals surface area (Å²) in [5.74, 6) is 0.742. The van der Waals surface area contributed by atoms with Crippen molar-refractivity contribution in [1.82, 2.24) is 9.78 Å². The summed E-state index contributed by atoms with van der Waals surface area (Å²) in [4.78, 5) is 1.19. The number of hydrogen-bond acceptors (Lipinski definition) is 3. The van der Waals surface area contributed by atoms with E-state index in [2.05, 4.69) is 23.5 Å². The largest absolute Gasteiger partial charge is 0.384 e. The molecule has 0 aromatic carbocycles. The Kier molecular flexibility index (Phi) is 2.07. The van der Waals surface area contributed by atoms with E-state index in [1.54, 1.807) is 16.0 Å². The van der Waals surface area contributed by atoms with Crippen molar-refractivity contribution in [3.05, 3.63) is 22.6 Å². The molecule has 2 aromatic heterocycles. The predicted molar refractivity (Wildman–Crippen MR) is 60.4 cm³/mol. The Morgan fingerprint density at radius 2 is 2.14 bits per heavy atom.